The van der Waals surface area contributed by atoms with Gasteiger partial charge in [-0.25, -0.2) is 0 Å². The van der Waals surface area contributed by atoms with E-state index in [1.165, 1.54) is 0 Å². The van der Waals surface area contributed by atoms with Crippen molar-refractivity contribution in [1.29, 1.82) is 0 Å². The summed E-state index contributed by atoms with van der Waals surface area (Å²) in [6.45, 7) is 6.95. The topological polar surface area (TPSA) is 50.7 Å². The zero-order chi connectivity index (χ0) is 14.5. The summed E-state index contributed by atoms with van der Waals surface area (Å²) in [5.41, 5.74) is 0.644. The fraction of sp³-hybridized carbons (Fsp3) is 0.571. The minimum Gasteiger partial charge on any atom is -0.493 e. The van der Waals surface area contributed by atoms with Crippen molar-refractivity contribution in [3.05, 3.63) is 22.7 Å². The average Bonchev–Trinajstić information content (AvgIpc) is 2.39. The molecule has 0 radical (unpaired) electrons. The Kier molecular flexibility index (Phi) is 8.28. The third-order valence-corrected chi connectivity index (χ3v) is 3.03. The standard InChI is InChI=1S/C14H22ClNO3.ClH/c1-5-19-13-11(15)6-10(7-12(13)18-4)8-16-14(2,3)9-17;/h6-7,16-17H,5,8-9H2,1-4H3;1H. The number of benzene rings is 1. The van der Waals surface area contributed by atoms with E-state index in [4.69, 9.17) is 21.1 Å². The molecule has 6 heteroatoms. The van der Waals surface area contributed by atoms with Crippen molar-refractivity contribution in [2.45, 2.75) is 32.9 Å². The smallest absolute Gasteiger partial charge is 0.179 e. The van der Waals surface area contributed by atoms with Gasteiger partial charge in [-0.2, -0.15) is 0 Å². The first-order chi connectivity index (χ1) is 8.93. The zero-order valence-electron chi connectivity index (χ0n) is 12.3. The van der Waals surface area contributed by atoms with E-state index in [0.717, 1.165) is 5.56 Å². The largest absolute Gasteiger partial charge is 0.493 e. The molecule has 0 spiro atoms. The normalized spacial score (nSPS) is 10.9. The lowest BCUT2D eigenvalue weighted by Crippen LogP contribution is -2.42. The summed E-state index contributed by atoms with van der Waals surface area (Å²) in [4.78, 5) is 0. The van der Waals surface area contributed by atoms with Crippen LogP contribution in [0.3, 0.4) is 0 Å². The second kappa shape index (κ2) is 8.57. The van der Waals surface area contributed by atoms with Crippen molar-refractivity contribution in [3.8, 4) is 11.5 Å². The molecule has 0 aromatic heterocycles. The van der Waals surface area contributed by atoms with Gasteiger partial charge in [-0.15, -0.1) is 12.4 Å². The van der Waals surface area contributed by atoms with Crippen LogP contribution in [0.5, 0.6) is 11.5 Å². The van der Waals surface area contributed by atoms with Gasteiger partial charge in [0.1, 0.15) is 0 Å². The number of aliphatic hydroxyl groups excluding tert-OH is 1. The highest BCUT2D eigenvalue weighted by atomic mass is 35.5. The zero-order valence-corrected chi connectivity index (χ0v) is 13.9. The Labute approximate surface area is 131 Å². The Morgan fingerprint density at radius 2 is 2.00 bits per heavy atom. The summed E-state index contributed by atoms with van der Waals surface area (Å²) < 4.78 is 10.8. The minimum atomic E-state index is -0.335. The number of nitrogens with one attached hydrogen (secondary N) is 1. The maximum Gasteiger partial charge on any atom is 0.179 e. The predicted molar refractivity (Wildman–Crippen MR) is 84.4 cm³/mol. The van der Waals surface area contributed by atoms with Crippen molar-refractivity contribution >= 4 is 24.0 Å². The maximum atomic E-state index is 9.21. The third-order valence-electron chi connectivity index (χ3n) is 2.74. The van der Waals surface area contributed by atoms with Crippen LogP contribution in [-0.2, 0) is 6.54 Å². The van der Waals surface area contributed by atoms with Crippen LogP contribution < -0.4 is 14.8 Å². The highest BCUT2D eigenvalue weighted by Crippen LogP contribution is 2.36. The van der Waals surface area contributed by atoms with Crippen LogP contribution in [0.2, 0.25) is 5.02 Å². The third kappa shape index (κ3) is 5.37. The summed E-state index contributed by atoms with van der Waals surface area (Å²) in [6, 6.07) is 3.73. The minimum absolute atomic E-state index is 0. The number of aliphatic hydroxyl groups is 1. The summed E-state index contributed by atoms with van der Waals surface area (Å²) >= 11 is 6.19. The second-order valence-corrected chi connectivity index (χ2v) is 5.34. The van der Waals surface area contributed by atoms with Crippen molar-refractivity contribution in [2.75, 3.05) is 20.3 Å². The first-order valence-electron chi connectivity index (χ1n) is 6.28. The van der Waals surface area contributed by atoms with E-state index >= 15 is 0 Å². The second-order valence-electron chi connectivity index (χ2n) is 4.94. The summed E-state index contributed by atoms with van der Waals surface area (Å²) in [6.07, 6.45) is 0. The SMILES string of the molecule is CCOc1c(Cl)cc(CNC(C)(C)CO)cc1OC.Cl. The summed E-state index contributed by atoms with van der Waals surface area (Å²) in [7, 11) is 1.59. The van der Waals surface area contributed by atoms with E-state index in [-0.39, 0.29) is 24.6 Å². The molecule has 0 aliphatic carbocycles. The Bertz CT molecular complexity index is 425. The van der Waals surface area contributed by atoms with Crippen molar-refractivity contribution < 1.29 is 14.6 Å². The monoisotopic (exact) mass is 323 g/mol. The van der Waals surface area contributed by atoms with Crippen molar-refractivity contribution in [3.63, 3.8) is 0 Å². The molecule has 4 nitrogen and oxygen atoms in total. The van der Waals surface area contributed by atoms with Crippen LogP contribution in [0.4, 0.5) is 0 Å². The van der Waals surface area contributed by atoms with E-state index in [2.05, 4.69) is 5.32 Å². The molecule has 0 aliphatic heterocycles. The number of hydrogen-bond acceptors (Lipinski definition) is 4. The van der Waals surface area contributed by atoms with Gasteiger partial charge in [-0.05, 0) is 38.5 Å². The molecule has 0 unspecified atom stereocenters. The highest BCUT2D eigenvalue weighted by Gasteiger charge is 2.16. The van der Waals surface area contributed by atoms with Crippen LogP contribution in [0.15, 0.2) is 12.1 Å². The van der Waals surface area contributed by atoms with Gasteiger partial charge in [0, 0.05) is 12.1 Å². The van der Waals surface area contributed by atoms with Crippen molar-refractivity contribution in [2.24, 2.45) is 0 Å². The fourth-order valence-electron chi connectivity index (χ4n) is 1.56. The molecule has 0 saturated heterocycles. The van der Waals surface area contributed by atoms with Gasteiger partial charge in [0.2, 0.25) is 0 Å². The Balaban J connectivity index is 0.00000361. The number of halogens is 2. The van der Waals surface area contributed by atoms with Crippen LogP contribution in [-0.4, -0.2) is 31.0 Å². The summed E-state index contributed by atoms with van der Waals surface area (Å²) in [5, 5.41) is 13.0. The molecule has 0 amide bonds. The van der Waals surface area contributed by atoms with Gasteiger partial charge in [0.15, 0.2) is 11.5 Å². The van der Waals surface area contributed by atoms with Gasteiger partial charge >= 0.3 is 0 Å². The molecule has 20 heavy (non-hydrogen) atoms. The van der Waals surface area contributed by atoms with Gasteiger partial charge in [-0.3, -0.25) is 0 Å². The predicted octanol–water partition coefficient (Wildman–Crippen LogP) is 3.03. The molecule has 0 heterocycles. The molecule has 0 atom stereocenters. The lowest BCUT2D eigenvalue weighted by Gasteiger charge is -2.24. The van der Waals surface area contributed by atoms with E-state index < -0.39 is 0 Å². The van der Waals surface area contributed by atoms with Gasteiger partial charge < -0.3 is 19.9 Å². The molecule has 1 aromatic rings. The van der Waals surface area contributed by atoms with Gasteiger partial charge in [0.05, 0.1) is 25.3 Å². The molecule has 0 aliphatic rings. The number of methoxy groups -OCH3 is 1. The first-order valence-corrected chi connectivity index (χ1v) is 6.66. The van der Waals surface area contributed by atoms with Gasteiger partial charge in [-0.1, -0.05) is 11.6 Å². The van der Waals surface area contributed by atoms with E-state index in [9.17, 15) is 5.11 Å². The first kappa shape index (κ1) is 19.3. The average molecular weight is 324 g/mol. The Morgan fingerprint density at radius 1 is 1.35 bits per heavy atom. The Hall–Kier alpha value is -0.680. The highest BCUT2D eigenvalue weighted by molar-refractivity contribution is 6.32. The summed E-state index contributed by atoms with van der Waals surface area (Å²) in [5.74, 6) is 1.18. The molecular weight excluding hydrogens is 301 g/mol. The van der Waals surface area contributed by atoms with Gasteiger partial charge in [0.25, 0.3) is 0 Å². The van der Waals surface area contributed by atoms with E-state index in [1.54, 1.807) is 7.11 Å². The number of rotatable bonds is 7. The fourth-order valence-corrected chi connectivity index (χ4v) is 1.84. The Morgan fingerprint density at radius 3 is 2.50 bits per heavy atom. The molecule has 2 N–H and O–H groups in total. The quantitative estimate of drug-likeness (QED) is 0.809. The molecule has 0 fully saturated rings. The lowest BCUT2D eigenvalue weighted by molar-refractivity contribution is 0.187. The van der Waals surface area contributed by atoms with Crippen LogP contribution in [0, 0.1) is 0 Å². The van der Waals surface area contributed by atoms with Crippen LogP contribution in [0.1, 0.15) is 26.3 Å². The molecule has 1 aromatic carbocycles. The number of ether oxygens (including phenoxy) is 2. The molecular formula is C14H23Cl2NO3. The molecule has 116 valence electrons. The van der Waals surface area contributed by atoms with Crippen molar-refractivity contribution in [1.82, 2.24) is 5.32 Å². The molecule has 1 rings (SSSR count). The molecule has 0 bridgehead atoms. The van der Waals surface area contributed by atoms with E-state index in [0.29, 0.717) is 29.7 Å². The lowest BCUT2D eigenvalue weighted by atomic mass is 10.1. The van der Waals surface area contributed by atoms with Crippen LogP contribution >= 0.6 is 24.0 Å². The molecule has 0 saturated carbocycles. The van der Waals surface area contributed by atoms with E-state index in [1.807, 2.05) is 32.9 Å². The maximum absolute atomic E-state index is 9.21. The number of hydrogen-bond donors (Lipinski definition) is 2. The van der Waals surface area contributed by atoms with Crippen LogP contribution in [0.25, 0.3) is 0 Å².